The summed E-state index contributed by atoms with van der Waals surface area (Å²) in [7, 11) is 0. The van der Waals surface area contributed by atoms with Crippen LogP contribution in [0.4, 0.5) is 5.69 Å². The summed E-state index contributed by atoms with van der Waals surface area (Å²) in [5.41, 5.74) is 3.46. The van der Waals surface area contributed by atoms with Crippen molar-refractivity contribution in [1.82, 2.24) is 5.32 Å². The molecule has 6 nitrogen and oxygen atoms in total. The fourth-order valence-corrected chi connectivity index (χ4v) is 4.34. The van der Waals surface area contributed by atoms with Gasteiger partial charge in [-0.1, -0.05) is 55.0 Å². The number of hydrogen-bond acceptors (Lipinski definition) is 4. The molecule has 1 aliphatic heterocycles. The highest BCUT2D eigenvalue weighted by Gasteiger charge is 2.42. The van der Waals surface area contributed by atoms with Crippen LogP contribution in [0.25, 0.3) is 0 Å². The lowest BCUT2D eigenvalue weighted by Gasteiger charge is -2.35. The summed E-state index contributed by atoms with van der Waals surface area (Å²) in [4.78, 5) is 37.0. The van der Waals surface area contributed by atoms with E-state index in [1.807, 2.05) is 50.2 Å². The number of benzene rings is 3. The summed E-state index contributed by atoms with van der Waals surface area (Å²) in [5.74, 6) is -0.124. The third-order valence-corrected chi connectivity index (χ3v) is 6.35. The molecule has 1 atom stereocenters. The number of nitrogens with one attached hydrogen (secondary N) is 2. The molecule has 0 bridgehead atoms. The summed E-state index contributed by atoms with van der Waals surface area (Å²) < 4.78 is 5.87. The van der Waals surface area contributed by atoms with E-state index in [1.165, 1.54) is 5.56 Å². The van der Waals surface area contributed by atoms with Crippen LogP contribution < -0.4 is 15.4 Å². The van der Waals surface area contributed by atoms with Gasteiger partial charge in [0.05, 0.1) is 5.41 Å². The van der Waals surface area contributed by atoms with Gasteiger partial charge in [-0.15, -0.1) is 0 Å². The predicted octanol–water partition coefficient (Wildman–Crippen LogP) is 4.91. The lowest BCUT2D eigenvalue weighted by atomic mass is 9.72. The topological polar surface area (TPSA) is 84.5 Å². The average Bonchev–Trinajstić information content (AvgIpc) is 2.84. The van der Waals surface area contributed by atoms with Crippen LogP contribution in [0, 0.1) is 6.92 Å². The van der Waals surface area contributed by atoms with Gasteiger partial charge in [0, 0.05) is 17.7 Å². The van der Waals surface area contributed by atoms with Crippen molar-refractivity contribution < 1.29 is 19.1 Å². The molecule has 34 heavy (non-hydrogen) atoms. The zero-order valence-corrected chi connectivity index (χ0v) is 19.4. The zero-order chi connectivity index (χ0) is 24.1. The van der Waals surface area contributed by atoms with Crippen molar-refractivity contribution in [3.05, 3.63) is 95.1 Å². The van der Waals surface area contributed by atoms with Crippen molar-refractivity contribution in [3.8, 4) is 5.75 Å². The summed E-state index contributed by atoms with van der Waals surface area (Å²) in [6.07, 6.45) is 1.39. The third-order valence-electron chi connectivity index (χ3n) is 6.35. The Morgan fingerprint density at radius 3 is 2.50 bits per heavy atom. The zero-order valence-electron chi connectivity index (χ0n) is 19.4. The molecule has 6 heteroatoms. The Hall–Kier alpha value is -3.93. The van der Waals surface area contributed by atoms with Crippen LogP contribution in [-0.4, -0.2) is 17.7 Å². The predicted molar refractivity (Wildman–Crippen MR) is 131 cm³/mol. The highest BCUT2D eigenvalue weighted by Crippen LogP contribution is 2.36. The highest BCUT2D eigenvalue weighted by molar-refractivity contribution is 6.05. The van der Waals surface area contributed by atoms with Gasteiger partial charge in [-0.2, -0.15) is 0 Å². The van der Waals surface area contributed by atoms with Crippen molar-refractivity contribution in [2.75, 3.05) is 5.32 Å². The lowest BCUT2D eigenvalue weighted by molar-refractivity contribution is -0.138. The van der Waals surface area contributed by atoms with Crippen LogP contribution >= 0.6 is 0 Å². The van der Waals surface area contributed by atoms with Crippen molar-refractivity contribution in [1.29, 1.82) is 0 Å². The van der Waals surface area contributed by atoms with E-state index in [1.54, 1.807) is 30.3 Å². The van der Waals surface area contributed by atoms with Gasteiger partial charge in [-0.25, -0.2) is 0 Å². The lowest BCUT2D eigenvalue weighted by Crippen LogP contribution is -2.51. The number of hydrogen-bond donors (Lipinski definition) is 2. The first-order valence-electron chi connectivity index (χ1n) is 11.4. The first-order chi connectivity index (χ1) is 16.4. The number of amides is 3. The van der Waals surface area contributed by atoms with Crippen molar-refractivity contribution in [3.63, 3.8) is 0 Å². The number of carbonyl (C=O) groups is 3. The Morgan fingerprint density at radius 2 is 1.79 bits per heavy atom. The summed E-state index contributed by atoms with van der Waals surface area (Å²) in [5, 5.41) is 5.35. The number of piperidine rings is 1. The highest BCUT2D eigenvalue weighted by atomic mass is 16.5. The molecule has 0 saturated carbocycles. The number of aryl methyl sites for hydroxylation is 1. The largest absolute Gasteiger partial charge is 0.489 e. The van der Waals surface area contributed by atoms with Crippen LogP contribution in [0.3, 0.4) is 0 Å². The van der Waals surface area contributed by atoms with E-state index in [2.05, 4.69) is 16.7 Å². The summed E-state index contributed by atoms with van der Waals surface area (Å²) in [6.45, 7) is 4.40. The van der Waals surface area contributed by atoms with Crippen LogP contribution in [-0.2, 0) is 21.6 Å². The molecule has 1 saturated heterocycles. The van der Waals surface area contributed by atoms with E-state index in [4.69, 9.17) is 4.74 Å². The fraction of sp³-hybridized carbons (Fsp3) is 0.250. The first-order valence-corrected chi connectivity index (χ1v) is 11.4. The Balaban J connectivity index is 1.42. The number of ether oxygens (including phenoxy) is 1. The maximum Gasteiger partial charge on any atom is 0.255 e. The van der Waals surface area contributed by atoms with Crippen LogP contribution in [0.15, 0.2) is 72.8 Å². The molecule has 0 unspecified atom stereocenters. The Labute approximate surface area is 199 Å². The average molecular weight is 457 g/mol. The van der Waals surface area contributed by atoms with E-state index in [9.17, 15) is 14.4 Å². The van der Waals surface area contributed by atoms with Crippen molar-refractivity contribution in [2.45, 2.75) is 45.1 Å². The Bertz CT molecular complexity index is 1220. The molecule has 3 aromatic carbocycles. The molecule has 174 valence electrons. The number of imide groups is 1. The molecule has 0 aliphatic carbocycles. The SMILES string of the molecule is CC[C@]1(c2ccc(NC(=O)c3cccc(OCc4cccc(C)c4)c3)cc2)CCC(=O)NC1=O. The summed E-state index contributed by atoms with van der Waals surface area (Å²) in [6, 6.07) is 22.4. The minimum atomic E-state index is -0.723. The second kappa shape index (κ2) is 9.91. The second-order valence-corrected chi connectivity index (χ2v) is 8.65. The maximum absolute atomic E-state index is 12.8. The molecule has 1 aliphatic rings. The quantitative estimate of drug-likeness (QED) is 0.495. The molecule has 1 fully saturated rings. The van der Waals surface area contributed by atoms with Gasteiger partial charge < -0.3 is 10.1 Å². The molecule has 1 heterocycles. The number of rotatable bonds is 7. The smallest absolute Gasteiger partial charge is 0.255 e. The molecule has 4 rings (SSSR count). The fourth-order valence-electron chi connectivity index (χ4n) is 4.34. The summed E-state index contributed by atoms with van der Waals surface area (Å²) >= 11 is 0. The van der Waals surface area contributed by atoms with E-state index in [0.29, 0.717) is 42.9 Å². The molecule has 3 aromatic rings. The minimum absolute atomic E-state index is 0.233. The van der Waals surface area contributed by atoms with Crippen LogP contribution in [0.5, 0.6) is 5.75 Å². The third kappa shape index (κ3) is 5.01. The van der Waals surface area contributed by atoms with Crippen LogP contribution in [0.1, 0.15) is 53.2 Å². The van der Waals surface area contributed by atoms with Crippen molar-refractivity contribution in [2.24, 2.45) is 0 Å². The van der Waals surface area contributed by atoms with Gasteiger partial charge >= 0.3 is 0 Å². The van der Waals surface area contributed by atoms with Gasteiger partial charge in [0.1, 0.15) is 12.4 Å². The normalized spacial score (nSPS) is 17.7. The molecule has 0 aromatic heterocycles. The van der Waals surface area contributed by atoms with Gasteiger partial charge in [0.15, 0.2) is 0 Å². The van der Waals surface area contributed by atoms with Gasteiger partial charge in [-0.05, 0) is 61.2 Å². The Morgan fingerprint density at radius 1 is 1.03 bits per heavy atom. The van der Waals surface area contributed by atoms with Gasteiger partial charge in [-0.3, -0.25) is 19.7 Å². The van der Waals surface area contributed by atoms with Crippen molar-refractivity contribution >= 4 is 23.4 Å². The van der Waals surface area contributed by atoms with E-state index in [-0.39, 0.29) is 17.7 Å². The molecule has 0 radical (unpaired) electrons. The van der Waals surface area contributed by atoms with E-state index >= 15 is 0 Å². The molecular weight excluding hydrogens is 428 g/mol. The molecule has 3 amide bonds. The number of anilines is 1. The number of carbonyl (C=O) groups excluding carboxylic acids is 3. The standard InChI is InChI=1S/C28H28N2O4/c1-3-28(15-14-25(31)30-27(28)33)22-10-12-23(13-11-22)29-26(32)21-8-5-9-24(17-21)34-18-20-7-4-6-19(2)16-20/h4-13,16-17H,3,14-15,18H2,1-2H3,(H,29,32)(H,30,31,33)/t28-/m1/s1. The molecular formula is C28H28N2O4. The second-order valence-electron chi connectivity index (χ2n) is 8.65. The molecule has 2 N–H and O–H groups in total. The first kappa shape index (κ1) is 23.2. The Kier molecular flexibility index (Phi) is 6.77. The van der Waals surface area contributed by atoms with Crippen LogP contribution in [0.2, 0.25) is 0 Å². The van der Waals surface area contributed by atoms with Gasteiger partial charge in [0.2, 0.25) is 11.8 Å². The molecule has 0 spiro atoms. The monoisotopic (exact) mass is 456 g/mol. The minimum Gasteiger partial charge on any atom is -0.489 e. The maximum atomic E-state index is 12.8. The van der Waals surface area contributed by atoms with Gasteiger partial charge in [0.25, 0.3) is 5.91 Å². The van der Waals surface area contributed by atoms with E-state index in [0.717, 1.165) is 11.1 Å². The van der Waals surface area contributed by atoms with E-state index < -0.39 is 5.41 Å².